The van der Waals surface area contributed by atoms with Gasteiger partial charge in [0.1, 0.15) is 0 Å². The fourth-order valence-electron chi connectivity index (χ4n) is 2.78. The van der Waals surface area contributed by atoms with Gasteiger partial charge in [0.05, 0.1) is 16.6 Å². The molecule has 2 heterocycles. The summed E-state index contributed by atoms with van der Waals surface area (Å²) in [6.45, 7) is 0.271. The van der Waals surface area contributed by atoms with E-state index in [1.807, 2.05) is 42.6 Å². The smallest absolute Gasteiger partial charge is 0.272 e. The van der Waals surface area contributed by atoms with Gasteiger partial charge >= 0.3 is 0 Å². The van der Waals surface area contributed by atoms with Gasteiger partial charge in [-0.1, -0.05) is 24.3 Å². The summed E-state index contributed by atoms with van der Waals surface area (Å²) in [6.07, 6.45) is 1.84. The van der Waals surface area contributed by atoms with Crippen LogP contribution < -0.4 is 11.3 Å². The van der Waals surface area contributed by atoms with Gasteiger partial charge in [0.25, 0.3) is 5.56 Å². The van der Waals surface area contributed by atoms with Gasteiger partial charge in [-0.15, -0.1) is 0 Å². The number of fused-ring (bicyclic) bond motifs is 2. The molecular formula is C18H14N4O. The van der Waals surface area contributed by atoms with E-state index in [2.05, 4.69) is 21.2 Å². The average molecular weight is 302 g/mol. The van der Waals surface area contributed by atoms with Crippen molar-refractivity contribution in [3.63, 3.8) is 0 Å². The number of aromatic amines is 1. The number of para-hydroxylation sites is 1. The molecule has 0 spiro atoms. The molecule has 0 aliphatic rings. The molecule has 5 nitrogen and oxygen atoms in total. The van der Waals surface area contributed by atoms with E-state index < -0.39 is 0 Å². The fourth-order valence-corrected chi connectivity index (χ4v) is 2.78. The summed E-state index contributed by atoms with van der Waals surface area (Å²) in [4.78, 5) is 16.4. The maximum atomic E-state index is 11.9. The average Bonchev–Trinajstić information content (AvgIpc) is 2.61. The first kappa shape index (κ1) is 13.6. The minimum atomic E-state index is -0.208. The first-order valence-electron chi connectivity index (χ1n) is 7.33. The lowest BCUT2D eigenvalue weighted by molar-refractivity contribution is 0.900. The normalized spacial score (nSPS) is 11.2. The van der Waals surface area contributed by atoms with Gasteiger partial charge in [0, 0.05) is 29.1 Å². The van der Waals surface area contributed by atoms with Crippen molar-refractivity contribution in [2.24, 2.45) is 5.73 Å². The molecule has 23 heavy (non-hydrogen) atoms. The van der Waals surface area contributed by atoms with E-state index in [1.165, 1.54) is 0 Å². The second kappa shape index (κ2) is 5.30. The zero-order valence-electron chi connectivity index (χ0n) is 12.3. The molecule has 0 aliphatic heterocycles. The molecule has 112 valence electrons. The van der Waals surface area contributed by atoms with E-state index in [0.717, 1.165) is 27.4 Å². The van der Waals surface area contributed by atoms with Crippen LogP contribution in [0.4, 0.5) is 0 Å². The lowest BCUT2D eigenvalue weighted by atomic mass is 10.0. The third kappa shape index (κ3) is 2.27. The number of rotatable bonds is 2. The molecule has 0 unspecified atom stereocenters. The van der Waals surface area contributed by atoms with Crippen molar-refractivity contribution in [2.75, 3.05) is 0 Å². The second-order valence-corrected chi connectivity index (χ2v) is 5.38. The summed E-state index contributed by atoms with van der Waals surface area (Å²) in [5.74, 6) is 0. The molecule has 4 rings (SSSR count). The van der Waals surface area contributed by atoms with Gasteiger partial charge in [-0.3, -0.25) is 9.78 Å². The largest absolute Gasteiger partial charge is 0.325 e. The number of pyridine rings is 1. The number of benzene rings is 2. The lowest BCUT2D eigenvalue weighted by Gasteiger charge is -2.07. The summed E-state index contributed by atoms with van der Waals surface area (Å²) >= 11 is 0. The number of H-pyrrole nitrogens is 1. The fraction of sp³-hybridized carbons (Fsp3) is 0.0556. The molecule has 0 fully saturated rings. The Labute approximate surface area is 131 Å². The Bertz CT molecular complexity index is 1080. The number of hydrogen-bond acceptors (Lipinski definition) is 4. The molecule has 0 amide bonds. The molecule has 0 bridgehead atoms. The third-order valence-electron chi connectivity index (χ3n) is 3.98. The van der Waals surface area contributed by atoms with Crippen LogP contribution in [0.25, 0.3) is 32.8 Å². The third-order valence-corrected chi connectivity index (χ3v) is 3.98. The van der Waals surface area contributed by atoms with Crippen molar-refractivity contribution in [3.8, 4) is 11.1 Å². The maximum Gasteiger partial charge on any atom is 0.272 e. The van der Waals surface area contributed by atoms with Gasteiger partial charge in [-0.2, -0.15) is 5.10 Å². The van der Waals surface area contributed by atoms with E-state index in [-0.39, 0.29) is 12.1 Å². The molecule has 0 saturated heterocycles. The first-order valence-corrected chi connectivity index (χ1v) is 7.33. The molecule has 0 aliphatic carbocycles. The van der Waals surface area contributed by atoms with Crippen LogP contribution in [-0.2, 0) is 6.54 Å². The zero-order valence-corrected chi connectivity index (χ0v) is 12.3. The first-order chi connectivity index (χ1) is 11.3. The maximum absolute atomic E-state index is 11.9. The molecule has 2 aromatic heterocycles. The van der Waals surface area contributed by atoms with Crippen LogP contribution in [-0.4, -0.2) is 15.2 Å². The van der Waals surface area contributed by atoms with Crippen molar-refractivity contribution in [2.45, 2.75) is 6.54 Å². The van der Waals surface area contributed by atoms with Crippen molar-refractivity contribution in [1.29, 1.82) is 0 Å². The predicted octanol–water partition coefficient (Wildman–Crippen LogP) is 2.60. The van der Waals surface area contributed by atoms with Crippen LogP contribution in [0.3, 0.4) is 0 Å². The van der Waals surface area contributed by atoms with Crippen molar-refractivity contribution < 1.29 is 0 Å². The number of nitrogens with two attached hydrogens (primary N) is 1. The highest BCUT2D eigenvalue weighted by atomic mass is 16.1. The molecule has 0 radical (unpaired) electrons. The predicted molar refractivity (Wildman–Crippen MR) is 91.0 cm³/mol. The minimum Gasteiger partial charge on any atom is -0.325 e. The highest BCUT2D eigenvalue weighted by Crippen LogP contribution is 2.26. The molecule has 0 saturated carbocycles. The van der Waals surface area contributed by atoms with E-state index in [0.29, 0.717) is 11.1 Å². The van der Waals surface area contributed by atoms with Crippen LogP contribution in [0.15, 0.2) is 59.5 Å². The monoisotopic (exact) mass is 302 g/mol. The minimum absolute atomic E-state index is 0.208. The highest BCUT2D eigenvalue weighted by Gasteiger charge is 2.08. The summed E-state index contributed by atoms with van der Waals surface area (Å²) in [6, 6.07) is 15.7. The Kier molecular flexibility index (Phi) is 3.13. The number of nitrogens with one attached hydrogen (secondary N) is 1. The molecule has 3 N–H and O–H groups in total. The lowest BCUT2D eigenvalue weighted by Crippen LogP contribution is -2.13. The SMILES string of the molecule is NCc1n[nH]c(=O)c2ccc(-c3cnc4ccccc4c3)cc12. The molecule has 2 aromatic carbocycles. The van der Waals surface area contributed by atoms with Crippen LogP contribution in [0.2, 0.25) is 0 Å². The molecule has 0 atom stereocenters. The summed E-state index contributed by atoms with van der Waals surface area (Å²) in [5, 5.41) is 8.96. The number of aromatic nitrogens is 3. The van der Waals surface area contributed by atoms with Crippen molar-refractivity contribution in [1.82, 2.24) is 15.2 Å². The van der Waals surface area contributed by atoms with Crippen LogP contribution in [0.5, 0.6) is 0 Å². The Hall–Kier alpha value is -3.05. The Balaban J connectivity index is 1.95. The Morgan fingerprint density at radius 1 is 1.00 bits per heavy atom. The van der Waals surface area contributed by atoms with Gasteiger partial charge < -0.3 is 5.73 Å². The highest BCUT2D eigenvalue weighted by molar-refractivity contribution is 5.90. The zero-order chi connectivity index (χ0) is 15.8. The molecule has 4 aromatic rings. The van der Waals surface area contributed by atoms with Crippen LogP contribution in [0.1, 0.15) is 5.69 Å². The Morgan fingerprint density at radius 3 is 2.74 bits per heavy atom. The van der Waals surface area contributed by atoms with E-state index in [4.69, 9.17) is 5.73 Å². The van der Waals surface area contributed by atoms with Gasteiger partial charge in [0.15, 0.2) is 0 Å². The van der Waals surface area contributed by atoms with Crippen LogP contribution in [0, 0.1) is 0 Å². The topological polar surface area (TPSA) is 84.7 Å². The summed E-state index contributed by atoms with van der Waals surface area (Å²) in [5.41, 5.74) is 9.14. The van der Waals surface area contributed by atoms with Crippen molar-refractivity contribution in [3.05, 3.63) is 70.8 Å². The van der Waals surface area contributed by atoms with E-state index >= 15 is 0 Å². The number of hydrogen-bond donors (Lipinski definition) is 2. The summed E-state index contributed by atoms with van der Waals surface area (Å²) < 4.78 is 0. The van der Waals surface area contributed by atoms with Crippen LogP contribution >= 0.6 is 0 Å². The number of nitrogens with zero attached hydrogens (tertiary/aromatic N) is 2. The van der Waals surface area contributed by atoms with Gasteiger partial charge in [-0.25, -0.2) is 5.10 Å². The quantitative estimate of drug-likeness (QED) is 0.596. The van der Waals surface area contributed by atoms with Gasteiger partial charge in [-0.05, 0) is 29.8 Å². The van der Waals surface area contributed by atoms with E-state index in [9.17, 15) is 4.79 Å². The molecular weight excluding hydrogens is 288 g/mol. The van der Waals surface area contributed by atoms with E-state index in [1.54, 1.807) is 6.07 Å². The summed E-state index contributed by atoms with van der Waals surface area (Å²) in [7, 11) is 0. The van der Waals surface area contributed by atoms with Crippen molar-refractivity contribution >= 4 is 21.7 Å². The second-order valence-electron chi connectivity index (χ2n) is 5.38. The molecule has 5 heteroatoms. The standard InChI is InChI=1S/C18H14N4O/c19-9-17-15-8-11(5-6-14(15)18(23)22-21-17)13-7-12-3-1-2-4-16(12)20-10-13/h1-8,10H,9,19H2,(H,22,23). The Morgan fingerprint density at radius 2 is 1.87 bits per heavy atom. The van der Waals surface area contributed by atoms with Gasteiger partial charge in [0.2, 0.25) is 0 Å².